The van der Waals surface area contributed by atoms with Crippen molar-refractivity contribution in [1.82, 2.24) is 0 Å². The van der Waals surface area contributed by atoms with E-state index in [1.807, 2.05) is 6.07 Å². The molecule has 0 N–H and O–H groups in total. The van der Waals surface area contributed by atoms with Crippen molar-refractivity contribution in [2.24, 2.45) is 0 Å². The maximum atomic E-state index is 13.3. The van der Waals surface area contributed by atoms with Gasteiger partial charge in [-0.15, -0.1) is 0 Å². The topological polar surface area (TPSA) is 23.8 Å². The first-order valence-corrected chi connectivity index (χ1v) is 5.34. The molecule has 1 aromatic rings. The normalized spacial score (nSPS) is 18.4. The van der Waals surface area contributed by atoms with Crippen molar-refractivity contribution in [3.8, 4) is 6.07 Å². The lowest BCUT2D eigenvalue weighted by Crippen LogP contribution is -2.32. The minimum atomic E-state index is -0.415. The average Bonchev–Trinajstić information content (AvgIpc) is 2.10. The lowest BCUT2D eigenvalue weighted by molar-refractivity contribution is 0.323. The molecule has 1 saturated carbocycles. The van der Waals surface area contributed by atoms with Crippen molar-refractivity contribution >= 4 is 15.9 Å². The van der Waals surface area contributed by atoms with E-state index < -0.39 is 5.41 Å². The van der Waals surface area contributed by atoms with Gasteiger partial charge in [-0.1, -0.05) is 6.07 Å². The zero-order valence-corrected chi connectivity index (χ0v) is 9.14. The third-order valence-electron chi connectivity index (χ3n) is 2.89. The summed E-state index contributed by atoms with van der Waals surface area (Å²) in [5, 5.41) is 9.07. The number of nitrogens with zero attached hydrogens (tertiary/aromatic N) is 1. The summed E-state index contributed by atoms with van der Waals surface area (Å²) >= 11 is 3.10. The van der Waals surface area contributed by atoms with Gasteiger partial charge in [0.05, 0.1) is 16.0 Å². The second-order valence-corrected chi connectivity index (χ2v) is 4.53. The van der Waals surface area contributed by atoms with E-state index in [9.17, 15) is 4.39 Å². The number of halogens is 2. The Labute approximate surface area is 90.7 Å². The molecule has 72 valence electrons. The fourth-order valence-corrected chi connectivity index (χ4v) is 2.04. The molecule has 1 aliphatic carbocycles. The first-order valence-electron chi connectivity index (χ1n) is 4.55. The van der Waals surface area contributed by atoms with Gasteiger partial charge < -0.3 is 0 Å². The van der Waals surface area contributed by atoms with Gasteiger partial charge in [-0.25, -0.2) is 4.39 Å². The number of hydrogen-bond donors (Lipinski definition) is 0. The van der Waals surface area contributed by atoms with Crippen LogP contribution >= 0.6 is 15.9 Å². The van der Waals surface area contributed by atoms with Gasteiger partial charge in [0, 0.05) is 0 Å². The zero-order chi connectivity index (χ0) is 10.2. The predicted molar refractivity (Wildman–Crippen MR) is 55.2 cm³/mol. The highest BCUT2D eigenvalue weighted by Crippen LogP contribution is 2.43. The van der Waals surface area contributed by atoms with Crippen LogP contribution in [-0.4, -0.2) is 0 Å². The molecule has 0 aliphatic heterocycles. The minimum absolute atomic E-state index is 0.288. The van der Waals surface area contributed by atoms with Gasteiger partial charge in [-0.2, -0.15) is 5.26 Å². The van der Waals surface area contributed by atoms with E-state index in [1.54, 1.807) is 6.07 Å². The first-order chi connectivity index (χ1) is 6.68. The van der Waals surface area contributed by atoms with Gasteiger partial charge in [-0.05, 0) is 52.9 Å². The average molecular weight is 254 g/mol. The molecular weight excluding hydrogens is 245 g/mol. The van der Waals surface area contributed by atoms with Crippen molar-refractivity contribution < 1.29 is 4.39 Å². The Kier molecular flexibility index (Phi) is 2.32. The van der Waals surface area contributed by atoms with Crippen LogP contribution in [0.15, 0.2) is 22.7 Å². The van der Waals surface area contributed by atoms with E-state index in [1.165, 1.54) is 6.07 Å². The molecule has 1 nitrogen and oxygen atoms in total. The van der Waals surface area contributed by atoms with Gasteiger partial charge >= 0.3 is 0 Å². The second kappa shape index (κ2) is 3.36. The quantitative estimate of drug-likeness (QED) is 0.752. The molecule has 1 aliphatic rings. The summed E-state index contributed by atoms with van der Waals surface area (Å²) in [5.41, 5.74) is 0.397. The van der Waals surface area contributed by atoms with Crippen molar-refractivity contribution in [2.75, 3.05) is 0 Å². The van der Waals surface area contributed by atoms with Crippen LogP contribution in [0.25, 0.3) is 0 Å². The molecule has 1 fully saturated rings. The van der Waals surface area contributed by atoms with E-state index in [0.717, 1.165) is 24.8 Å². The van der Waals surface area contributed by atoms with Crippen LogP contribution in [0.4, 0.5) is 4.39 Å². The molecule has 0 amide bonds. The molecule has 0 unspecified atom stereocenters. The molecule has 0 spiro atoms. The summed E-state index contributed by atoms with van der Waals surface area (Å²) in [7, 11) is 0. The maximum Gasteiger partial charge on any atom is 0.137 e. The molecule has 0 bridgehead atoms. The van der Waals surface area contributed by atoms with Gasteiger partial charge in [0.1, 0.15) is 5.82 Å². The Balaban J connectivity index is 2.42. The van der Waals surface area contributed by atoms with Crippen molar-refractivity contribution in [3.63, 3.8) is 0 Å². The number of rotatable bonds is 1. The molecule has 14 heavy (non-hydrogen) atoms. The Bertz CT molecular complexity index is 404. The summed E-state index contributed by atoms with van der Waals surface area (Å²) in [6.45, 7) is 0. The summed E-state index contributed by atoms with van der Waals surface area (Å²) in [6.07, 6.45) is 2.76. The van der Waals surface area contributed by atoms with Gasteiger partial charge in [0.15, 0.2) is 0 Å². The molecular formula is C11H9BrFN. The van der Waals surface area contributed by atoms with E-state index in [0.29, 0.717) is 4.47 Å². The van der Waals surface area contributed by atoms with Crippen LogP contribution in [0.1, 0.15) is 24.8 Å². The van der Waals surface area contributed by atoms with E-state index >= 15 is 0 Å². The molecule has 0 atom stereocenters. The van der Waals surface area contributed by atoms with Crippen LogP contribution in [0.2, 0.25) is 0 Å². The third kappa shape index (κ3) is 1.34. The standard InChI is InChI=1S/C11H9BrFN/c12-9-3-2-8(6-10(9)13)11(7-14)4-1-5-11/h2-3,6H,1,4-5H2. The van der Waals surface area contributed by atoms with Crippen LogP contribution < -0.4 is 0 Å². The lowest BCUT2D eigenvalue weighted by Gasteiger charge is -2.35. The zero-order valence-electron chi connectivity index (χ0n) is 7.56. The Morgan fingerprint density at radius 1 is 1.43 bits per heavy atom. The van der Waals surface area contributed by atoms with E-state index in [4.69, 9.17) is 5.26 Å². The van der Waals surface area contributed by atoms with Crippen LogP contribution in [-0.2, 0) is 5.41 Å². The highest BCUT2D eigenvalue weighted by Gasteiger charge is 2.39. The SMILES string of the molecule is N#CC1(c2ccc(Br)c(F)c2)CCC1. The number of nitriles is 1. The van der Waals surface area contributed by atoms with Crippen LogP contribution in [0.3, 0.4) is 0 Å². The first kappa shape index (κ1) is 9.67. The van der Waals surface area contributed by atoms with Gasteiger partial charge in [-0.3, -0.25) is 0 Å². The van der Waals surface area contributed by atoms with Crippen LogP contribution in [0.5, 0.6) is 0 Å². The van der Waals surface area contributed by atoms with Crippen molar-refractivity contribution in [2.45, 2.75) is 24.7 Å². The van der Waals surface area contributed by atoms with E-state index in [2.05, 4.69) is 22.0 Å². The second-order valence-electron chi connectivity index (χ2n) is 3.68. The monoisotopic (exact) mass is 253 g/mol. The summed E-state index contributed by atoms with van der Waals surface area (Å²) < 4.78 is 13.7. The molecule has 0 aromatic heterocycles. The summed E-state index contributed by atoms with van der Waals surface area (Å²) in [6, 6.07) is 7.26. The number of hydrogen-bond acceptors (Lipinski definition) is 1. The fraction of sp³-hybridized carbons (Fsp3) is 0.364. The maximum absolute atomic E-state index is 13.3. The molecule has 0 saturated heterocycles. The molecule has 3 heteroatoms. The van der Waals surface area contributed by atoms with Crippen molar-refractivity contribution in [1.29, 1.82) is 5.26 Å². The van der Waals surface area contributed by atoms with Crippen LogP contribution in [0, 0.1) is 17.1 Å². The Morgan fingerprint density at radius 2 is 2.14 bits per heavy atom. The largest absolute Gasteiger partial charge is 0.206 e. The molecule has 0 radical (unpaired) electrons. The number of benzene rings is 1. The third-order valence-corrected chi connectivity index (χ3v) is 3.54. The summed E-state index contributed by atoms with van der Waals surface area (Å²) in [5.74, 6) is -0.288. The Hall–Kier alpha value is -0.880. The lowest BCUT2D eigenvalue weighted by atomic mass is 9.65. The molecule has 0 heterocycles. The van der Waals surface area contributed by atoms with E-state index in [-0.39, 0.29) is 5.82 Å². The predicted octanol–water partition coefficient (Wildman–Crippen LogP) is 3.53. The fourth-order valence-electron chi connectivity index (χ4n) is 1.79. The summed E-state index contributed by atoms with van der Waals surface area (Å²) in [4.78, 5) is 0. The smallest absolute Gasteiger partial charge is 0.137 e. The highest BCUT2D eigenvalue weighted by molar-refractivity contribution is 9.10. The van der Waals surface area contributed by atoms with Crippen molar-refractivity contribution in [3.05, 3.63) is 34.1 Å². The van der Waals surface area contributed by atoms with Gasteiger partial charge in [0.2, 0.25) is 0 Å². The molecule has 1 aromatic carbocycles. The minimum Gasteiger partial charge on any atom is -0.206 e. The highest BCUT2D eigenvalue weighted by atomic mass is 79.9. The van der Waals surface area contributed by atoms with Gasteiger partial charge in [0.25, 0.3) is 0 Å². The Morgan fingerprint density at radius 3 is 2.57 bits per heavy atom. The molecule has 2 rings (SSSR count).